The third-order valence-electron chi connectivity index (χ3n) is 19.1. The second-order valence-corrected chi connectivity index (χ2v) is 28.5. The van der Waals surface area contributed by atoms with Gasteiger partial charge in [0, 0.05) is 47.2 Å². The molecule has 11 bridgehead atoms. The number of halogens is 2. The second kappa shape index (κ2) is 34.8. The zero-order chi connectivity index (χ0) is 79.2. The number of unbranched alkanes of at least 4 members (excludes halogenated alkanes) is 2. The van der Waals surface area contributed by atoms with Gasteiger partial charge < -0.3 is 128 Å². The number of hydrogen-bond donors (Lipinski definition) is 19. The molecule has 12 rings (SSSR count). The Morgan fingerprint density at radius 2 is 1.38 bits per heavy atom. The summed E-state index contributed by atoms with van der Waals surface area (Å²) in [6, 6.07) is 0.173. The number of aliphatic hydroxyl groups is 6. The van der Waals surface area contributed by atoms with E-state index in [-0.39, 0.29) is 70.6 Å². The molecule has 109 heavy (non-hydrogen) atoms. The number of phenolic OH excluding ortho intramolecular Hbond substituents is 3. The van der Waals surface area contributed by atoms with Gasteiger partial charge in [-0.25, -0.2) is 0 Å². The number of rotatable bonds is 19. The van der Waals surface area contributed by atoms with Crippen LogP contribution in [0.15, 0.2) is 84.0 Å². The molecule has 5 aromatic carbocycles. The first-order chi connectivity index (χ1) is 51.7. The lowest BCUT2D eigenvalue weighted by Crippen LogP contribution is -2.64. The van der Waals surface area contributed by atoms with Gasteiger partial charge in [0.05, 0.1) is 41.3 Å². The predicted octanol–water partition coefficient (Wildman–Crippen LogP) is 1.62. The van der Waals surface area contributed by atoms with Gasteiger partial charge in [0.1, 0.15) is 95.5 Å². The molecule has 0 aliphatic carbocycles. The predicted molar refractivity (Wildman–Crippen MR) is 383 cm³/mol. The Morgan fingerprint density at radius 1 is 0.743 bits per heavy atom. The number of aromatic hydroxyl groups is 3. The number of benzene rings is 5. The average molecular weight is 1560 g/mol. The van der Waals surface area contributed by atoms with Gasteiger partial charge in [0.25, 0.3) is 0 Å². The largest absolute Gasteiger partial charge is 0.508 e. The van der Waals surface area contributed by atoms with Gasteiger partial charge in [-0.1, -0.05) is 66.8 Å². The smallest absolute Gasteiger partial charge is 0.248 e. The summed E-state index contributed by atoms with van der Waals surface area (Å²) in [5.74, 6) is -14.8. The molecule has 2 fully saturated rings. The molecule has 0 saturated carbocycles. The SMILES string of the molecule is CN[C@H](CC(C)C)C(=O)N[C@H]1C(=O)N[C@@H](CC(N)=O)C(=O)N[C@H]2C(=O)N[C@H]3C(=O)N[C@H](C(=O)N[C@H](C(=O)NCCCCCN=[N+]=[N-])c4cc(O)cc(O)c4-c4cc3ccc4O)[C@H](O)c3ccc(c(Cl)c3)Oc3cc2cc(c3O[C@@H]2O[C@H](CO)[C@@H](O)[C@H](O)[C@H]2O[C@H]2C[C@](C)(N)[C@H](O)[C@H](C)O2)Oc2ccc(cc2Cl)[C@H]1O. The van der Waals surface area contributed by atoms with Crippen molar-refractivity contribution in [3.8, 4) is 57.1 Å². The van der Waals surface area contributed by atoms with Gasteiger partial charge in [0.15, 0.2) is 23.9 Å². The van der Waals surface area contributed by atoms with Gasteiger partial charge in [-0.15, -0.1) is 0 Å². The molecule has 0 radical (unpaired) electrons. The van der Waals surface area contributed by atoms with E-state index in [1.54, 1.807) is 0 Å². The molecular formula is C71H85Cl2N13O23. The highest BCUT2D eigenvalue weighted by Crippen LogP contribution is 2.50. The normalized spacial score (nSPS) is 28.0. The summed E-state index contributed by atoms with van der Waals surface area (Å²) in [6.45, 7) is 5.76. The summed E-state index contributed by atoms with van der Waals surface area (Å²) in [5, 5.41) is 128. The van der Waals surface area contributed by atoms with E-state index in [2.05, 4.69) is 52.6 Å². The van der Waals surface area contributed by atoms with E-state index < -0.39 is 226 Å². The van der Waals surface area contributed by atoms with Crippen LogP contribution < -0.4 is 68.2 Å². The van der Waals surface area contributed by atoms with Gasteiger partial charge in [-0.05, 0) is 134 Å². The monoisotopic (exact) mass is 1560 g/mol. The summed E-state index contributed by atoms with van der Waals surface area (Å²) >= 11 is 14.2. The molecule has 586 valence electrons. The molecule has 18 atom stereocenters. The number of amides is 8. The van der Waals surface area contributed by atoms with Crippen molar-refractivity contribution >= 4 is 70.5 Å². The van der Waals surface area contributed by atoms with Crippen LogP contribution in [-0.4, -0.2) is 199 Å². The standard InChI is InChI=1S/C71H85Cl2N13O23/c1-28(2)17-39(77-5)63(97)84-54-56(92)31-10-13-43(37(72)19-31)105-45-21-33-22-46(60(45)109-70-61(59(95)58(94)47(27-87)107-70)108-49-26-71(4,75)62(96)29(3)104-49)106-44-14-11-32(20-38(44)73)57(93)55-69(103)83-53(65(99)78-15-7-6-8-16-79-86-76)36-23-34(88)24-42(90)50(36)35-18-30(9-12-41(35)89)51(66(100)85-55)82-67(101)52(33)81-64(98)40(25-48(74)91)80-68(54)102/h9-14,18-24,28-29,39-40,47,49,51-59,61-62,70,77,87-90,92-96H,6-8,15-17,25-27,75H2,1-5H3,(H2,74,91)(H,78,99)(H,80,102)(H,81,98)(H,82,101)(H,83,103)(H,84,97)(H,85,100)/t29-,39+,40-,47+,49-,51+,52+,53-,54+,55-,56+,57+,58+,59-,61+,62+,70-,71-/m0/s1. The van der Waals surface area contributed by atoms with Crippen molar-refractivity contribution in [2.75, 3.05) is 26.7 Å². The van der Waals surface area contributed by atoms with Crippen LogP contribution in [0.3, 0.4) is 0 Å². The van der Waals surface area contributed by atoms with E-state index in [0.29, 0.717) is 19.3 Å². The van der Waals surface area contributed by atoms with E-state index in [9.17, 15) is 65.1 Å². The minimum atomic E-state index is -2.35. The highest BCUT2D eigenvalue weighted by molar-refractivity contribution is 6.32. The number of hydrogen-bond acceptors (Lipinski definition) is 26. The first-order valence-electron chi connectivity index (χ1n) is 34.7. The number of primary amides is 1. The molecule has 36 nitrogen and oxygen atoms in total. The summed E-state index contributed by atoms with van der Waals surface area (Å²) < 4.78 is 38.5. The first-order valence-corrected chi connectivity index (χ1v) is 35.5. The van der Waals surface area contributed by atoms with Gasteiger partial charge >= 0.3 is 0 Å². The molecule has 2 saturated heterocycles. The minimum Gasteiger partial charge on any atom is -0.508 e. The summed E-state index contributed by atoms with van der Waals surface area (Å²) in [6.07, 6.45) is -17.4. The third kappa shape index (κ3) is 18.5. The van der Waals surface area contributed by atoms with Gasteiger partial charge in [0.2, 0.25) is 59.3 Å². The highest BCUT2D eigenvalue weighted by Gasteiger charge is 2.52. The van der Waals surface area contributed by atoms with Crippen molar-refractivity contribution < 1.29 is 113 Å². The number of ether oxygens (including phenoxy) is 6. The zero-order valence-corrected chi connectivity index (χ0v) is 60.8. The number of carbonyl (C=O) groups excluding carboxylic acids is 8. The maximum Gasteiger partial charge on any atom is 0.248 e. The van der Waals surface area contributed by atoms with E-state index >= 15 is 19.2 Å². The number of carbonyl (C=O) groups is 8. The maximum atomic E-state index is 16.2. The van der Waals surface area contributed by atoms with E-state index in [0.717, 1.165) is 60.7 Å². The van der Waals surface area contributed by atoms with Gasteiger partial charge in [-0.3, -0.25) is 38.4 Å². The molecular weight excluding hydrogens is 1470 g/mol. The Labute approximate surface area is 632 Å². The van der Waals surface area contributed by atoms with E-state index in [1.807, 2.05) is 13.8 Å². The minimum absolute atomic E-state index is 0.0628. The van der Waals surface area contributed by atoms with Crippen molar-refractivity contribution in [2.24, 2.45) is 22.5 Å². The Morgan fingerprint density at radius 3 is 1.99 bits per heavy atom. The molecule has 7 aliphatic heterocycles. The quantitative estimate of drug-likeness (QED) is 0.0242. The molecule has 7 heterocycles. The molecule has 38 heteroatoms. The second-order valence-electron chi connectivity index (χ2n) is 27.7. The molecule has 5 aromatic rings. The lowest BCUT2D eigenvalue weighted by molar-refractivity contribution is -0.333. The number of nitrogens with two attached hydrogens (primary N) is 2. The summed E-state index contributed by atoms with van der Waals surface area (Å²) in [5.41, 5.74) is 17.3. The van der Waals surface area contributed by atoms with Crippen LogP contribution in [0.2, 0.25) is 10.0 Å². The number of likely N-dealkylation sites (N-methyl/N-ethyl adjacent to an activating group) is 1. The molecule has 0 unspecified atom stereocenters. The van der Waals surface area contributed by atoms with Crippen molar-refractivity contribution in [3.05, 3.63) is 127 Å². The van der Waals surface area contributed by atoms with E-state index in [4.69, 9.17) is 68.6 Å². The number of aliphatic hydroxyl groups excluding tert-OH is 6. The Hall–Kier alpha value is -9.89. The third-order valence-corrected chi connectivity index (χ3v) is 19.7. The van der Waals surface area contributed by atoms with Crippen molar-refractivity contribution in [1.82, 2.24) is 42.5 Å². The van der Waals surface area contributed by atoms with Crippen molar-refractivity contribution in [1.29, 1.82) is 0 Å². The van der Waals surface area contributed by atoms with Crippen molar-refractivity contribution in [2.45, 2.75) is 175 Å². The fraction of sp³-hybridized carbons (Fsp3) is 0.465. The fourth-order valence-electron chi connectivity index (χ4n) is 13.3. The van der Waals surface area contributed by atoms with E-state index in [1.165, 1.54) is 39.1 Å². The maximum absolute atomic E-state index is 16.2. The molecule has 8 amide bonds. The molecule has 21 N–H and O–H groups in total. The fourth-order valence-corrected chi connectivity index (χ4v) is 13.8. The Balaban J connectivity index is 1.22. The lowest BCUT2D eigenvalue weighted by Gasteiger charge is -2.47. The zero-order valence-electron chi connectivity index (χ0n) is 59.3. The lowest BCUT2D eigenvalue weighted by atomic mass is 9.86. The number of nitrogens with zero attached hydrogens (tertiary/aromatic N) is 3. The van der Waals surface area contributed by atoms with Crippen LogP contribution >= 0.6 is 23.2 Å². The van der Waals surface area contributed by atoms with Crippen LogP contribution in [-0.2, 0) is 52.6 Å². The Bertz CT molecular complexity index is 4340. The molecule has 0 aromatic heterocycles. The average Bonchev–Trinajstić information content (AvgIpc) is 0.767. The number of phenols is 3. The first kappa shape index (κ1) is 81.6. The van der Waals surface area contributed by atoms with Crippen molar-refractivity contribution in [3.63, 3.8) is 0 Å². The van der Waals surface area contributed by atoms with Crippen LogP contribution in [0.25, 0.3) is 21.6 Å². The number of fused-ring (bicyclic) bond motifs is 15. The summed E-state index contributed by atoms with van der Waals surface area (Å²) in [4.78, 5) is 122. The highest BCUT2D eigenvalue weighted by atomic mass is 35.5. The van der Waals surface area contributed by atoms with Crippen LogP contribution in [0.4, 0.5) is 0 Å². The number of nitrogens with one attached hydrogen (secondary N) is 8. The van der Waals surface area contributed by atoms with Crippen LogP contribution in [0, 0.1) is 5.92 Å². The van der Waals surface area contributed by atoms with Crippen LogP contribution in [0.5, 0.6) is 46.0 Å². The molecule has 0 spiro atoms. The summed E-state index contributed by atoms with van der Waals surface area (Å²) in [7, 11) is 1.48. The van der Waals surface area contributed by atoms with Gasteiger partial charge in [-0.2, -0.15) is 0 Å². The topological polar surface area (TPSA) is 571 Å². The number of azide groups is 1. The van der Waals surface area contributed by atoms with Crippen LogP contribution in [0.1, 0.15) is 124 Å². The molecule has 7 aliphatic rings. The Kier molecular flexibility index (Phi) is 26.0.